The maximum atomic E-state index is 12.0. The van der Waals surface area contributed by atoms with Gasteiger partial charge in [0.1, 0.15) is 6.10 Å². The minimum absolute atomic E-state index is 0.112. The summed E-state index contributed by atoms with van der Waals surface area (Å²) < 4.78 is 5.09. The smallest absolute Gasteiger partial charge is 0.251 e. The average Bonchev–Trinajstić information content (AvgIpc) is 2.63. The van der Waals surface area contributed by atoms with Gasteiger partial charge < -0.3 is 20.3 Å². The molecule has 1 unspecified atom stereocenters. The van der Waals surface area contributed by atoms with Crippen molar-refractivity contribution < 1.29 is 9.53 Å². The Labute approximate surface area is 110 Å². The molecule has 0 radical (unpaired) electrons. The molecule has 0 aromatic carbocycles. The van der Waals surface area contributed by atoms with Crippen LogP contribution in [0.4, 0.5) is 0 Å². The highest BCUT2D eigenvalue weighted by Gasteiger charge is 2.22. The first kappa shape index (κ1) is 15.4. The largest absolute Gasteiger partial charge is 0.372 e. The lowest BCUT2D eigenvalue weighted by Gasteiger charge is -2.24. The maximum absolute atomic E-state index is 12.0. The second-order valence-corrected chi connectivity index (χ2v) is 4.89. The van der Waals surface area contributed by atoms with Crippen LogP contribution < -0.4 is 5.73 Å². The zero-order chi connectivity index (χ0) is 13.4. The summed E-state index contributed by atoms with van der Waals surface area (Å²) in [6.45, 7) is 7.38. The van der Waals surface area contributed by atoms with Gasteiger partial charge in [0.25, 0.3) is 5.91 Å². The van der Waals surface area contributed by atoms with E-state index < -0.39 is 0 Å². The molecule has 0 saturated carbocycles. The second kappa shape index (κ2) is 8.45. The minimum Gasteiger partial charge on any atom is -0.372 e. The van der Waals surface area contributed by atoms with E-state index in [1.165, 1.54) is 0 Å². The summed E-state index contributed by atoms with van der Waals surface area (Å²) in [5.74, 6) is 0.112. The lowest BCUT2D eigenvalue weighted by atomic mass is 10.3. The van der Waals surface area contributed by atoms with Crippen molar-refractivity contribution in [3.63, 3.8) is 0 Å². The molecule has 5 nitrogen and oxygen atoms in total. The molecule has 0 aromatic heterocycles. The van der Waals surface area contributed by atoms with E-state index in [2.05, 4.69) is 4.90 Å². The molecule has 1 atom stereocenters. The van der Waals surface area contributed by atoms with Crippen molar-refractivity contribution >= 4 is 5.91 Å². The van der Waals surface area contributed by atoms with Gasteiger partial charge in [0.15, 0.2) is 0 Å². The van der Waals surface area contributed by atoms with Gasteiger partial charge in [-0.1, -0.05) is 0 Å². The van der Waals surface area contributed by atoms with E-state index in [0.717, 1.165) is 58.5 Å². The third kappa shape index (κ3) is 4.92. The molecular formula is C13H27N3O2. The number of unbranched alkanes of at least 4 members (excludes halogenated alkanes) is 1. The number of ether oxygens (including phenoxy) is 1. The van der Waals surface area contributed by atoms with E-state index >= 15 is 0 Å². The number of amides is 1. The zero-order valence-electron chi connectivity index (χ0n) is 11.7. The van der Waals surface area contributed by atoms with Crippen LogP contribution in [0.5, 0.6) is 0 Å². The number of methoxy groups -OCH3 is 1. The van der Waals surface area contributed by atoms with Gasteiger partial charge in [0.2, 0.25) is 0 Å². The van der Waals surface area contributed by atoms with Gasteiger partial charge in [0.05, 0.1) is 0 Å². The molecule has 1 aliphatic rings. The normalized spacial score (nSPS) is 19.6. The fraction of sp³-hybridized carbons (Fsp3) is 0.923. The van der Waals surface area contributed by atoms with Crippen molar-refractivity contribution in [2.45, 2.75) is 32.3 Å². The Hall–Kier alpha value is -0.650. The molecule has 2 N–H and O–H groups in total. The Bertz CT molecular complexity index is 248. The number of carbonyl (C=O) groups is 1. The molecule has 1 saturated heterocycles. The quantitative estimate of drug-likeness (QED) is 0.695. The van der Waals surface area contributed by atoms with Crippen LogP contribution in [0.3, 0.4) is 0 Å². The van der Waals surface area contributed by atoms with E-state index in [1.54, 1.807) is 7.11 Å². The van der Waals surface area contributed by atoms with Gasteiger partial charge >= 0.3 is 0 Å². The molecule has 0 bridgehead atoms. The van der Waals surface area contributed by atoms with Gasteiger partial charge in [-0.3, -0.25) is 4.79 Å². The van der Waals surface area contributed by atoms with Crippen LogP contribution in [0.25, 0.3) is 0 Å². The standard InChI is InChI=1S/C13H27N3O2/c1-12(18-2)13(17)16-9-5-8-15(10-11-16)7-4-3-6-14/h12H,3-11,14H2,1-2H3. The molecule has 1 amide bonds. The zero-order valence-corrected chi connectivity index (χ0v) is 11.7. The summed E-state index contributed by atoms with van der Waals surface area (Å²) in [7, 11) is 1.58. The van der Waals surface area contributed by atoms with Crippen LogP contribution in [-0.2, 0) is 9.53 Å². The van der Waals surface area contributed by atoms with Gasteiger partial charge in [-0.25, -0.2) is 0 Å². The molecule has 18 heavy (non-hydrogen) atoms. The lowest BCUT2D eigenvalue weighted by molar-refractivity contribution is -0.140. The highest BCUT2D eigenvalue weighted by atomic mass is 16.5. The second-order valence-electron chi connectivity index (χ2n) is 4.89. The van der Waals surface area contributed by atoms with Crippen molar-refractivity contribution in [3.05, 3.63) is 0 Å². The molecule has 1 aliphatic heterocycles. The summed E-state index contributed by atoms with van der Waals surface area (Å²) in [4.78, 5) is 16.4. The predicted molar refractivity (Wildman–Crippen MR) is 72.4 cm³/mol. The number of hydrogen-bond donors (Lipinski definition) is 1. The molecular weight excluding hydrogens is 230 g/mol. The molecule has 1 heterocycles. The Kier molecular flexibility index (Phi) is 7.23. The van der Waals surface area contributed by atoms with E-state index in [9.17, 15) is 4.79 Å². The molecule has 1 fully saturated rings. The van der Waals surface area contributed by atoms with Crippen LogP contribution in [0.1, 0.15) is 26.2 Å². The fourth-order valence-corrected chi connectivity index (χ4v) is 2.25. The monoisotopic (exact) mass is 257 g/mol. The summed E-state index contributed by atoms with van der Waals surface area (Å²) in [5, 5.41) is 0. The van der Waals surface area contributed by atoms with Gasteiger partial charge in [-0.05, 0) is 45.8 Å². The van der Waals surface area contributed by atoms with Gasteiger partial charge in [0, 0.05) is 26.7 Å². The number of rotatable bonds is 6. The van der Waals surface area contributed by atoms with Crippen molar-refractivity contribution in [1.82, 2.24) is 9.80 Å². The summed E-state index contributed by atoms with van der Waals surface area (Å²) in [6, 6.07) is 0. The number of carbonyl (C=O) groups excluding carboxylic acids is 1. The molecule has 0 spiro atoms. The first-order valence-electron chi connectivity index (χ1n) is 6.93. The Morgan fingerprint density at radius 2 is 2.06 bits per heavy atom. The van der Waals surface area contributed by atoms with Crippen LogP contribution in [0.15, 0.2) is 0 Å². The van der Waals surface area contributed by atoms with Crippen molar-refractivity contribution in [3.8, 4) is 0 Å². The number of nitrogens with zero attached hydrogens (tertiary/aromatic N) is 2. The first-order valence-corrected chi connectivity index (χ1v) is 6.93. The molecule has 1 rings (SSSR count). The fourth-order valence-electron chi connectivity index (χ4n) is 2.25. The highest BCUT2D eigenvalue weighted by Crippen LogP contribution is 2.07. The SMILES string of the molecule is COC(C)C(=O)N1CCCN(CCCCN)CC1. The van der Waals surface area contributed by atoms with Crippen LogP contribution in [0.2, 0.25) is 0 Å². The van der Waals surface area contributed by atoms with Crippen LogP contribution >= 0.6 is 0 Å². The highest BCUT2D eigenvalue weighted by molar-refractivity contribution is 5.80. The van der Waals surface area contributed by atoms with Crippen molar-refractivity contribution in [2.24, 2.45) is 5.73 Å². The third-order valence-corrected chi connectivity index (χ3v) is 3.53. The van der Waals surface area contributed by atoms with E-state index in [4.69, 9.17) is 10.5 Å². The summed E-state index contributed by atoms with van der Waals surface area (Å²) in [6.07, 6.45) is 2.96. The van der Waals surface area contributed by atoms with Crippen LogP contribution in [-0.4, -0.2) is 68.2 Å². The Morgan fingerprint density at radius 3 is 2.72 bits per heavy atom. The lowest BCUT2D eigenvalue weighted by Crippen LogP contribution is -2.41. The van der Waals surface area contributed by atoms with Crippen LogP contribution in [0, 0.1) is 0 Å². The van der Waals surface area contributed by atoms with E-state index in [1.807, 2.05) is 11.8 Å². The molecule has 0 aromatic rings. The first-order chi connectivity index (χ1) is 8.69. The Balaban J connectivity index is 2.34. The van der Waals surface area contributed by atoms with E-state index in [-0.39, 0.29) is 12.0 Å². The topological polar surface area (TPSA) is 58.8 Å². The molecule has 106 valence electrons. The van der Waals surface area contributed by atoms with Gasteiger partial charge in [-0.15, -0.1) is 0 Å². The Morgan fingerprint density at radius 1 is 1.28 bits per heavy atom. The van der Waals surface area contributed by atoms with Gasteiger partial charge in [-0.2, -0.15) is 0 Å². The summed E-state index contributed by atoms with van der Waals surface area (Å²) in [5.41, 5.74) is 5.50. The minimum atomic E-state index is -0.325. The number of hydrogen-bond acceptors (Lipinski definition) is 4. The van der Waals surface area contributed by atoms with E-state index in [0.29, 0.717) is 0 Å². The number of nitrogens with two attached hydrogens (primary N) is 1. The third-order valence-electron chi connectivity index (χ3n) is 3.53. The molecule has 0 aliphatic carbocycles. The molecule has 5 heteroatoms. The maximum Gasteiger partial charge on any atom is 0.251 e. The van der Waals surface area contributed by atoms with Crippen molar-refractivity contribution in [2.75, 3.05) is 46.4 Å². The summed E-state index contributed by atoms with van der Waals surface area (Å²) >= 11 is 0. The average molecular weight is 257 g/mol. The predicted octanol–water partition coefficient (Wildman–Crippen LogP) is 0.295. The van der Waals surface area contributed by atoms with Crippen molar-refractivity contribution in [1.29, 1.82) is 0 Å².